The standard InChI is InChI=1S/C14H15NS.ClH/c1-11-6-8-12(9-7-11)10-16-14-5-3-2-4-13(14)15;/h2-9H,10,15H2,1H3;1H/p-1. The van der Waals surface area contributed by atoms with Crippen LogP contribution < -0.4 is 18.1 Å². The van der Waals surface area contributed by atoms with Crippen molar-refractivity contribution in [3.8, 4) is 0 Å². The molecule has 2 rings (SSSR count). The van der Waals surface area contributed by atoms with Crippen LogP contribution >= 0.6 is 11.8 Å². The number of aryl methyl sites for hydroxylation is 1. The maximum Gasteiger partial charge on any atom is 0.0452 e. The summed E-state index contributed by atoms with van der Waals surface area (Å²) in [6.07, 6.45) is 0. The molecule has 0 bridgehead atoms. The molecule has 0 atom stereocenters. The third kappa shape index (κ3) is 3.99. The Hall–Kier alpha value is -1.12. The molecule has 0 aliphatic heterocycles. The van der Waals surface area contributed by atoms with E-state index in [1.54, 1.807) is 11.8 Å². The number of rotatable bonds is 3. The largest absolute Gasteiger partial charge is 1.00 e. The van der Waals surface area contributed by atoms with E-state index in [1.807, 2.05) is 18.2 Å². The molecule has 1 nitrogen and oxygen atoms in total. The second-order valence-electron chi connectivity index (χ2n) is 3.81. The number of benzene rings is 2. The van der Waals surface area contributed by atoms with Gasteiger partial charge in [-0.2, -0.15) is 0 Å². The lowest BCUT2D eigenvalue weighted by Crippen LogP contribution is -3.00. The van der Waals surface area contributed by atoms with Crippen LogP contribution in [0.3, 0.4) is 0 Å². The molecule has 0 fully saturated rings. The Morgan fingerprint density at radius 1 is 1.00 bits per heavy atom. The van der Waals surface area contributed by atoms with Gasteiger partial charge in [0.25, 0.3) is 0 Å². The molecule has 0 unspecified atom stereocenters. The Labute approximate surface area is 113 Å². The van der Waals surface area contributed by atoms with Gasteiger partial charge in [-0.25, -0.2) is 0 Å². The van der Waals surface area contributed by atoms with Crippen molar-refractivity contribution in [1.82, 2.24) is 0 Å². The van der Waals surface area contributed by atoms with Gasteiger partial charge >= 0.3 is 0 Å². The van der Waals surface area contributed by atoms with Crippen molar-refractivity contribution in [2.75, 3.05) is 5.73 Å². The van der Waals surface area contributed by atoms with Crippen molar-refractivity contribution in [1.29, 1.82) is 0 Å². The summed E-state index contributed by atoms with van der Waals surface area (Å²) in [4.78, 5) is 1.16. The number of anilines is 1. The first-order valence-electron chi connectivity index (χ1n) is 5.28. The van der Waals surface area contributed by atoms with Gasteiger partial charge < -0.3 is 18.1 Å². The summed E-state index contributed by atoms with van der Waals surface area (Å²) in [6.45, 7) is 2.10. The zero-order valence-electron chi connectivity index (χ0n) is 9.69. The molecule has 0 radical (unpaired) electrons. The average molecular weight is 265 g/mol. The highest BCUT2D eigenvalue weighted by Gasteiger charge is 1.99. The number of hydrogen-bond acceptors (Lipinski definition) is 2. The van der Waals surface area contributed by atoms with Crippen LogP contribution in [0.1, 0.15) is 11.1 Å². The lowest BCUT2D eigenvalue weighted by Gasteiger charge is -2.05. The van der Waals surface area contributed by atoms with E-state index in [0.29, 0.717) is 0 Å². The van der Waals surface area contributed by atoms with E-state index < -0.39 is 0 Å². The highest BCUT2D eigenvalue weighted by Crippen LogP contribution is 2.27. The zero-order valence-corrected chi connectivity index (χ0v) is 11.3. The van der Waals surface area contributed by atoms with Gasteiger partial charge in [0, 0.05) is 16.3 Å². The number of nitrogens with two attached hydrogens (primary N) is 1. The Morgan fingerprint density at radius 2 is 1.65 bits per heavy atom. The van der Waals surface area contributed by atoms with Crippen LogP contribution in [0.5, 0.6) is 0 Å². The molecule has 0 saturated carbocycles. The van der Waals surface area contributed by atoms with Crippen molar-refractivity contribution in [3.05, 3.63) is 59.7 Å². The molecule has 0 aliphatic rings. The lowest BCUT2D eigenvalue weighted by molar-refractivity contribution is -0.00000331. The third-order valence-corrected chi connectivity index (χ3v) is 3.59. The highest BCUT2D eigenvalue weighted by molar-refractivity contribution is 7.98. The van der Waals surface area contributed by atoms with Crippen molar-refractivity contribution in [2.45, 2.75) is 17.6 Å². The number of halogens is 1. The topological polar surface area (TPSA) is 26.0 Å². The van der Waals surface area contributed by atoms with Crippen molar-refractivity contribution < 1.29 is 12.4 Å². The minimum Gasteiger partial charge on any atom is -1.00 e. The summed E-state index contributed by atoms with van der Waals surface area (Å²) in [5, 5.41) is 0. The van der Waals surface area contributed by atoms with E-state index in [1.165, 1.54) is 11.1 Å². The molecule has 2 N–H and O–H groups in total. The predicted octanol–water partition coefficient (Wildman–Crippen LogP) is 0.874. The number of thioether (sulfide) groups is 1. The highest BCUT2D eigenvalue weighted by atomic mass is 35.5. The van der Waals surface area contributed by atoms with Gasteiger partial charge in [-0.05, 0) is 24.6 Å². The molecule has 90 valence electrons. The smallest absolute Gasteiger partial charge is 0.0452 e. The molecule has 0 saturated heterocycles. The molecule has 0 aliphatic carbocycles. The molecule has 0 heterocycles. The Morgan fingerprint density at radius 3 is 2.29 bits per heavy atom. The van der Waals surface area contributed by atoms with E-state index in [2.05, 4.69) is 37.3 Å². The van der Waals surface area contributed by atoms with Crippen LogP contribution in [0.2, 0.25) is 0 Å². The van der Waals surface area contributed by atoms with Crippen LogP contribution in [0.15, 0.2) is 53.4 Å². The van der Waals surface area contributed by atoms with Gasteiger partial charge in [-0.3, -0.25) is 0 Å². The monoisotopic (exact) mass is 264 g/mol. The Kier molecular flexibility index (Phi) is 5.39. The summed E-state index contributed by atoms with van der Waals surface area (Å²) in [5.74, 6) is 0.967. The molecular weight excluding hydrogens is 250 g/mol. The number of para-hydroxylation sites is 1. The van der Waals surface area contributed by atoms with Crippen LogP contribution in [-0.4, -0.2) is 0 Å². The first-order chi connectivity index (χ1) is 7.75. The Balaban J connectivity index is 0.00000144. The quantitative estimate of drug-likeness (QED) is 0.658. The fourth-order valence-corrected chi connectivity index (χ4v) is 2.38. The van der Waals surface area contributed by atoms with Crippen LogP contribution in [0.25, 0.3) is 0 Å². The summed E-state index contributed by atoms with van der Waals surface area (Å²) < 4.78 is 0. The SMILES string of the molecule is Cc1ccc(CSc2ccccc2N)cc1.[Cl-]. The molecule has 0 spiro atoms. The van der Waals surface area contributed by atoms with E-state index in [-0.39, 0.29) is 12.4 Å². The van der Waals surface area contributed by atoms with E-state index in [4.69, 9.17) is 5.73 Å². The van der Waals surface area contributed by atoms with E-state index >= 15 is 0 Å². The van der Waals surface area contributed by atoms with Crippen molar-refractivity contribution in [3.63, 3.8) is 0 Å². The van der Waals surface area contributed by atoms with E-state index in [9.17, 15) is 0 Å². The second kappa shape index (κ2) is 6.58. The minimum atomic E-state index is 0. The van der Waals surface area contributed by atoms with Gasteiger partial charge in [-0.1, -0.05) is 42.0 Å². The van der Waals surface area contributed by atoms with Gasteiger partial charge in [0.05, 0.1) is 0 Å². The van der Waals surface area contributed by atoms with Crippen LogP contribution in [-0.2, 0) is 5.75 Å². The summed E-state index contributed by atoms with van der Waals surface area (Å²) in [6, 6.07) is 16.6. The summed E-state index contributed by atoms with van der Waals surface area (Å²) in [5.41, 5.74) is 9.38. The predicted molar refractivity (Wildman–Crippen MR) is 71.6 cm³/mol. The zero-order chi connectivity index (χ0) is 11.4. The molecule has 0 amide bonds. The second-order valence-corrected chi connectivity index (χ2v) is 4.83. The molecule has 0 aromatic heterocycles. The Bertz CT molecular complexity index is 468. The molecule has 2 aromatic carbocycles. The molecule has 17 heavy (non-hydrogen) atoms. The van der Waals surface area contributed by atoms with Gasteiger partial charge in [0.15, 0.2) is 0 Å². The first kappa shape index (κ1) is 13.9. The minimum absolute atomic E-state index is 0. The third-order valence-electron chi connectivity index (χ3n) is 2.43. The van der Waals surface area contributed by atoms with Crippen LogP contribution in [0.4, 0.5) is 5.69 Å². The average Bonchev–Trinajstić information content (AvgIpc) is 2.30. The first-order valence-corrected chi connectivity index (χ1v) is 6.27. The molecule has 3 heteroatoms. The van der Waals surface area contributed by atoms with Gasteiger partial charge in [0.1, 0.15) is 0 Å². The summed E-state index contributed by atoms with van der Waals surface area (Å²) >= 11 is 1.78. The van der Waals surface area contributed by atoms with Gasteiger partial charge in [-0.15, -0.1) is 11.8 Å². The molecular formula is C14H15ClNS-. The number of hydrogen-bond donors (Lipinski definition) is 1. The fourth-order valence-electron chi connectivity index (χ4n) is 1.46. The van der Waals surface area contributed by atoms with E-state index in [0.717, 1.165) is 16.3 Å². The van der Waals surface area contributed by atoms with Crippen molar-refractivity contribution in [2.24, 2.45) is 0 Å². The summed E-state index contributed by atoms with van der Waals surface area (Å²) in [7, 11) is 0. The number of nitrogen functional groups attached to an aromatic ring is 1. The lowest BCUT2D eigenvalue weighted by atomic mass is 10.2. The van der Waals surface area contributed by atoms with Crippen molar-refractivity contribution >= 4 is 17.4 Å². The maximum absolute atomic E-state index is 5.89. The maximum atomic E-state index is 5.89. The molecule has 2 aromatic rings. The fraction of sp³-hybridized carbons (Fsp3) is 0.143. The van der Waals surface area contributed by atoms with Crippen LogP contribution in [0, 0.1) is 6.92 Å². The normalized spacial score (nSPS) is 9.71. The van der Waals surface area contributed by atoms with Gasteiger partial charge in [0.2, 0.25) is 0 Å².